The number of benzene rings is 1. The van der Waals surface area contributed by atoms with Gasteiger partial charge in [0.1, 0.15) is 0 Å². The van der Waals surface area contributed by atoms with E-state index in [1.165, 1.54) is 0 Å². The van der Waals surface area contributed by atoms with Crippen molar-refractivity contribution in [1.82, 2.24) is 19.9 Å². The van der Waals surface area contributed by atoms with Crippen molar-refractivity contribution in [2.45, 2.75) is 31.1 Å². The molecule has 0 saturated carbocycles. The number of rotatable bonds is 2. The molecule has 0 radical (unpaired) electrons. The van der Waals surface area contributed by atoms with Crippen molar-refractivity contribution >= 4 is 22.8 Å². The van der Waals surface area contributed by atoms with Crippen LogP contribution < -0.4 is 10.5 Å². The summed E-state index contributed by atoms with van der Waals surface area (Å²) in [6.07, 6.45) is 5.33. The predicted octanol–water partition coefficient (Wildman–Crippen LogP) is 2.44. The van der Waals surface area contributed by atoms with E-state index in [1.54, 1.807) is 0 Å². The molecule has 1 aliphatic carbocycles. The zero-order valence-corrected chi connectivity index (χ0v) is 16.8. The van der Waals surface area contributed by atoms with Gasteiger partial charge < -0.3 is 14.8 Å². The first kappa shape index (κ1) is 18.0. The summed E-state index contributed by atoms with van der Waals surface area (Å²) in [5.74, 6) is 0.623. The molecule has 1 amide bonds. The summed E-state index contributed by atoms with van der Waals surface area (Å²) in [5, 5.41) is 1.04. The third kappa shape index (κ3) is 2.75. The largest absolute Gasteiger partial charge is 0.361 e. The molecule has 5 rings (SSSR count). The highest BCUT2D eigenvalue weighted by Gasteiger charge is 2.46. The molecule has 1 fully saturated rings. The normalized spacial score (nSPS) is 21.0. The number of likely N-dealkylation sites (tertiary alicyclic amines) is 1. The van der Waals surface area contributed by atoms with Crippen LogP contribution >= 0.6 is 0 Å². The fourth-order valence-corrected chi connectivity index (χ4v) is 4.99. The minimum atomic E-state index is -0.230. The highest BCUT2D eigenvalue weighted by Crippen LogP contribution is 2.43. The Labute approximate surface area is 168 Å². The molecule has 1 aromatic carbocycles. The van der Waals surface area contributed by atoms with Crippen molar-refractivity contribution in [1.29, 1.82) is 0 Å². The SMILES string of the molecule is CN(C)c1nc2c(c(=O)[nH]1)CCC21CCCN(C(=O)c2cccc3cc[nH]c23)C1. The van der Waals surface area contributed by atoms with Gasteiger partial charge in [0.15, 0.2) is 0 Å². The van der Waals surface area contributed by atoms with E-state index in [2.05, 4.69) is 9.97 Å². The van der Waals surface area contributed by atoms with Gasteiger partial charge in [-0.1, -0.05) is 12.1 Å². The Morgan fingerprint density at radius 1 is 1.24 bits per heavy atom. The van der Waals surface area contributed by atoms with Gasteiger partial charge in [0.25, 0.3) is 11.5 Å². The molecule has 2 aliphatic rings. The van der Waals surface area contributed by atoms with Crippen molar-refractivity contribution in [3.8, 4) is 0 Å². The Hall–Kier alpha value is -3.09. The zero-order chi connectivity index (χ0) is 20.2. The van der Waals surface area contributed by atoms with Gasteiger partial charge in [-0.05, 0) is 37.8 Å². The number of hydrogen-bond acceptors (Lipinski definition) is 4. The first-order valence-corrected chi connectivity index (χ1v) is 10.1. The van der Waals surface area contributed by atoms with Gasteiger partial charge in [0, 0.05) is 49.7 Å². The molecule has 1 atom stereocenters. The predicted molar refractivity (Wildman–Crippen MR) is 113 cm³/mol. The van der Waals surface area contributed by atoms with Crippen LogP contribution in [-0.4, -0.2) is 52.9 Å². The van der Waals surface area contributed by atoms with E-state index in [-0.39, 0.29) is 16.9 Å². The van der Waals surface area contributed by atoms with E-state index in [1.807, 2.05) is 54.4 Å². The van der Waals surface area contributed by atoms with Crippen LogP contribution in [0.4, 0.5) is 5.95 Å². The highest BCUT2D eigenvalue weighted by molar-refractivity contribution is 6.05. The number of para-hydroxylation sites is 1. The number of fused-ring (bicyclic) bond motifs is 3. The van der Waals surface area contributed by atoms with Crippen molar-refractivity contribution < 1.29 is 4.79 Å². The highest BCUT2D eigenvalue weighted by atomic mass is 16.2. The molecular weight excluding hydrogens is 366 g/mol. The Kier molecular flexibility index (Phi) is 4.01. The quantitative estimate of drug-likeness (QED) is 0.703. The summed E-state index contributed by atoms with van der Waals surface area (Å²) in [7, 11) is 3.75. The van der Waals surface area contributed by atoms with E-state index in [0.29, 0.717) is 18.1 Å². The molecule has 29 heavy (non-hydrogen) atoms. The van der Waals surface area contributed by atoms with Gasteiger partial charge in [-0.25, -0.2) is 4.98 Å². The second-order valence-electron chi connectivity index (χ2n) is 8.47. The molecule has 0 bridgehead atoms. The number of carbonyl (C=O) groups excluding carboxylic acids is 1. The number of anilines is 1. The van der Waals surface area contributed by atoms with Gasteiger partial charge >= 0.3 is 0 Å². The van der Waals surface area contributed by atoms with Crippen LogP contribution in [0.15, 0.2) is 35.3 Å². The van der Waals surface area contributed by atoms with Crippen LogP contribution in [0.1, 0.15) is 40.9 Å². The summed E-state index contributed by atoms with van der Waals surface area (Å²) in [4.78, 5) is 40.7. The first-order chi connectivity index (χ1) is 14.0. The number of amides is 1. The van der Waals surface area contributed by atoms with Gasteiger partial charge in [0.2, 0.25) is 5.95 Å². The minimum Gasteiger partial charge on any atom is -0.361 e. The lowest BCUT2D eigenvalue weighted by Gasteiger charge is -2.40. The van der Waals surface area contributed by atoms with E-state index in [9.17, 15) is 9.59 Å². The van der Waals surface area contributed by atoms with Crippen LogP contribution in [0.25, 0.3) is 10.9 Å². The van der Waals surface area contributed by atoms with E-state index < -0.39 is 0 Å². The number of carbonyl (C=O) groups is 1. The van der Waals surface area contributed by atoms with Crippen molar-refractivity contribution in [3.05, 3.63) is 57.6 Å². The maximum Gasteiger partial charge on any atom is 0.256 e. The molecule has 2 aromatic heterocycles. The standard InChI is InChI=1S/C22H25N5O2/c1-26(2)21-24-18-16(19(28)25-21)7-10-22(18)9-4-12-27(13-22)20(29)15-6-3-5-14-8-11-23-17(14)15/h3,5-6,8,11,23H,4,7,9-10,12-13H2,1-2H3,(H,24,25,28). The Morgan fingerprint density at radius 3 is 2.93 bits per heavy atom. The fraction of sp³-hybridized carbons (Fsp3) is 0.409. The Morgan fingerprint density at radius 2 is 2.10 bits per heavy atom. The Balaban J connectivity index is 1.52. The second-order valence-corrected chi connectivity index (χ2v) is 8.47. The topological polar surface area (TPSA) is 85.1 Å². The van der Waals surface area contributed by atoms with Gasteiger partial charge in [-0.2, -0.15) is 0 Å². The maximum atomic E-state index is 13.4. The molecule has 1 aliphatic heterocycles. The summed E-state index contributed by atoms with van der Waals surface area (Å²) in [6, 6.07) is 7.80. The van der Waals surface area contributed by atoms with Crippen LogP contribution in [0.5, 0.6) is 0 Å². The lowest BCUT2D eigenvalue weighted by molar-refractivity contribution is 0.0635. The molecule has 7 nitrogen and oxygen atoms in total. The molecular formula is C22H25N5O2. The number of H-pyrrole nitrogens is 2. The fourth-order valence-electron chi connectivity index (χ4n) is 4.99. The molecule has 150 valence electrons. The summed E-state index contributed by atoms with van der Waals surface area (Å²) in [6.45, 7) is 1.34. The van der Waals surface area contributed by atoms with Crippen molar-refractivity contribution in [2.24, 2.45) is 0 Å². The van der Waals surface area contributed by atoms with E-state index in [4.69, 9.17) is 4.98 Å². The number of aromatic amines is 2. The van der Waals surface area contributed by atoms with Crippen LogP contribution in [0.2, 0.25) is 0 Å². The number of hydrogen-bond donors (Lipinski definition) is 2. The molecule has 3 aromatic rings. The molecule has 7 heteroatoms. The average molecular weight is 391 g/mol. The lowest BCUT2D eigenvalue weighted by Crippen LogP contribution is -2.48. The summed E-state index contributed by atoms with van der Waals surface area (Å²) >= 11 is 0. The van der Waals surface area contributed by atoms with E-state index in [0.717, 1.165) is 54.4 Å². The van der Waals surface area contributed by atoms with Crippen LogP contribution in [0.3, 0.4) is 0 Å². The number of nitrogens with zero attached hydrogens (tertiary/aromatic N) is 3. The minimum absolute atomic E-state index is 0.0447. The number of piperidine rings is 1. The van der Waals surface area contributed by atoms with Gasteiger partial charge in [-0.15, -0.1) is 0 Å². The molecule has 1 saturated heterocycles. The summed E-state index contributed by atoms with van der Waals surface area (Å²) < 4.78 is 0. The smallest absolute Gasteiger partial charge is 0.256 e. The van der Waals surface area contributed by atoms with E-state index >= 15 is 0 Å². The monoisotopic (exact) mass is 391 g/mol. The lowest BCUT2D eigenvalue weighted by atomic mass is 9.77. The number of aromatic nitrogens is 3. The van der Waals surface area contributed by atoms with Crippen molar-refractivity contribution in [3.63, 3.8) is 0 Å². The third-order valence-electron chi connectivity index (χ3n) is 6.46. The molecule has 3 heterocycles. The Bertz CT molecular complexity index is 1160. The first-order valence-electron chi connectivity index (χ1n) is 10.1. The second kappa shape index (κ2) is 6.47. The zero-order valence-electron chi connectivity index (χ0n) is 16.8. The van der Waals surface area contributed by atoms with Gasteiger partial charge in [-0.3, -0.25) is 14.6 Å². The average Bonchev–Trinajstić information content (AvgIpc) is 3.33. The van der Waals surface area contributed by atoms with Crippen molar-refractivity contribution in [2.75, 3.05) is 32.1 Å². The molecule has 1 spiro atoms. The molecule has 2 N–H and O–H groups in total. The van der Waals surface area contributed by atoms with Crippen LogP contribution in [-0.2, 0) is 11.8 Å². The van der Waals surface area contributed by atoms with Crippen LogP contribution in [0, 0.1) is 0 Å². The maximum absolute atomic E-state index is 13.4. The number of nitrogens with one attached hydrogen (secondary N) is 2. The third-order valence-corrected chi connectivity index (χ3v) is 6.46. The molecule has 1 unspecified atom stereocenters. The summed E-state index contributed by atoms with van der Waals surface area (Å²) in [5.41, 5.74) is 2.99. The van der Waals surface area contributed by atoms with Gasteiger partial charge in [0.05, 0.1) is 16.8 Å².